The van der Waals surface area contributed by atoms with Crippen molar-refractivity contribution >= 4 is 5.91 Å². The molecule has 0 bridgehead atoms. The van der Waals surface area contributed by atoms with E-state index >= 15 is 0 Å². The Morgan fingerprint density at radius 3 is 2.31 bits per heavy atom. The fourth-order valence-corrected chi connectivity index (χ4v) is 1.68. The van der Waals surface area contributed by atoms with Crippen molar-refractivity contribution < 1.29 is 4.79 Å². The normalized spacial score (nSPS) is 14.9. The van der Waals surface area contributed by atoms with Crippen LogP contribution >= 0.6 is 0 Å². The maximum absolute atomic E-state index is 11.7. The number of likely N-dealkylation sites (N-methyl/N-ethyl adjacent to an activating group) is 1. The fraction of sp³-hybridized carbons (Fsp3) is 0.917. The first-order valence-electron chi connectivity index (χ1n) is 6.27. The molecule has 2 atom stereocenters. The Bertz CT molecular complexity index is 193. The number of hydrogen-bond donors (Lipinski definition) is 2. The van der Waals surface area contributed by atoms with Gasteiger partial charge in [0.1, 0.15) is 0 Å². The Kier molecular flexibility index (Phi) is 8.21. The number of nitrogens with two attached hydrogens (primary N) is 1. The van der Waals surface area contributed by atoms with E-state index in [1.54, 1.807) is 0 Å². The monoisotopic (exact) mass is 229 g/mol. The van der Waals surface area contributed by atoms with Crippen molar-refractivity contribution in [1.29, 1.82) is 0 Å². The van der Waals surface area contributed by atoms with Gasteiger partial charge in [-0.2, -0.15) is 0 Å². The Hall–Kier alpha value is -0.610. The molecule has 0 saturated heterocycles. The summed E-state index contributed by atoms with van der Waals surface area (Å²) in [4.78, 5) is 14.0. The number of amides is 1. The van der Waals surface area contributed by atoms with Gasteiger partial charge in [-0.25, -0.2) is 0 Å². The molecule has 0 aromatic heterocycles. The molecule has 96 valence electrons. The van der Waals surface area contributed by atoms with Gasteiger partial charge in [-0.3, -0.25) is 4.79 Å². The third-order valence-corrected chi connectivity index (χ3v) is 2.86. The lowest BCUT2D eigenvalue weighted by Gasteiger charge is -2.24. The summed E-state index contributed by atoms with van der Waals surface area (Å²) in [5.74, 6) is 0.134. The highest BCUT2D eigenvalue weighted by molar-refractivity contribution is 5.78. The smallest absolute Gasteiger partial charge is 0.223 e. The average Bonchev–Trinajstić information content (AvgIpc) is 2.26. The Morgan fingerprint density at radius 2 is 1.88 bits per heavy atom. The third kappa shape index (κ3) is 6.08. The van der Waals surface area contributed by atoms with E-state index in [0.717, 1.165) is 26.1 Å². The van der Waals surface area contributed by atoms with Crippen LogP contribution in [-0.4, -0.2) is 43.0 Å². The van der Waals surface area contributed by atoms with Crippen molar-refractivity contribution in [3.63, 3.8) is 0 Å². The van der Waals surface area contributed by atoms with Crippen LogP contribution in [0.4, 0.5) is 0 Å². The van der Waals surface area contributed by atoms with Crippen molar-refractivity contribution in [1.82, 2.24) is 10.2 Å². The predicted molar refractivity (Wildman–Crippen MR) is 68.2 cm³/mol. The maximum Gasteiger partial charge on any atom is 0.223 e. The average molecular weight is 229 g/mol. The summed E-state index contributed by atoms with van der Waals surface area (Å²) in [5.41, 5.74) is 5.43. The number of hydrogen-bond acceptors (Lipinski definition) is 3. The molecular weight excluding hydrogens is 202 g/mol. The lowest BCUT2D eigenvalue weighted by molar-refractivity contribution is -0.125. The number of carbonyl (C=O) groups is 1. The minimum atomic E-state index is 0.0177. The second-order valence-electron chi connectivity index (χ2n) is 4.37. The zero-order chi connectivity index (χ0) is 12.6. The number of rotatable bonds is 8. The van der Waals surface area contributed by atoms with Crippen LogP contribution in [0.5, 0.6) is 0 Å². The van der Waals surface area contributed by atoms with E-state index in [1.807, 2.05) is 13.8 Å². The van der Waals surface area contributed by atoms with Crippen molar-refractivity contribution in [2.45, 2.75) is 40.2 Å². The largest absolute Gasteiger partial charge is 0.352 e. The van der Waals surface area contributed by atoms with E-state index in [9.17, 15) is 4.79 Å². The molecule has 16 heavy (non-hydrogen) atoms. The Labute approximate surface area is 99.6 Å². The van der Waals surface area contributed by atoms with Crippen LogP contribution in [0.3, 0.4) is 0 Å². The van der Waals surface area contributed by atoms with Gasteiger partial charge in [-0.05, 0) is 33.0 Å². The van der Waals surface area contributed by atoms with E-state index in [0.29, 0.717) is 6.54 Å². The van der Waals surface area contributed by atoms with Gasteiger partial charge in [0.05, 0.1) is 0 Å². The highest BCUT2D eigenvalue weighted by Crippen LogP contribution is 2.01. The van der Waals surface area contributed by atoms with E-state index in [-0.39, 0.29) is 17.9 Å². The molecule has 0 fully saturated rings. The molecule has 0 aromatic rings. The quantitative estimate of drug-likeness (QED) is 0.648. The molecule has 0 heterocycles. The summed E-state index contributed by atoms with van der Waals surface area (Å²) in [6.07, 6.45) is 0.754. The molecule has 0 radical (unpaired) electrons. The van der Waals surface area contributed by atoms with Crippen molar-refractivity contribution in [3.8, 4) is 0 Å². The van der Waals surface area contributed by atoms with Crippen LogP contribution in [0, 0.1) is 5.92 Å². The molecule has 4 heteroatoms. The van der Waals surface area contributed by atoms with Gasteiger partial charge < -0.3 is 16.0 Å². The van der Waals surface area contributed by atoms with E-state index in [1.165, 1.54) is 0 Å². The lowest BCUT2D eigenvalue weighted by Crippen LogP contribution is -2.44. The summed E-state index contributed by atoms with van der Waals surface area (Å²) in [6.45, 7) is 11.8. The first-order valence-corrected chi connectivity index (χ1v) is 6.27. The maximum atomic E-state index is 11.7. The van der Waals surface area contributed by atoms with Gasteiger partial charge in [0.2, 0.25) is 5.91 Å². The molecule has 0 aliphatic heterocycles. The lowest BCUT2D eigenvalue weighted by atomic mass is 10.1. The van der Waals surface area contributed by atoms with Crippen LogP contribution in [0.2, 0.25) is 0 Å². The second kappa shape index (κ2) is 8.53. The standard InChI is InChI=1S/C12H27N3O/c1-5-15(6-2)9-11(4)14-12(16)10(3)7-8-13/h10-11H,5-9,13H2,1-4H3,(H,14,16). The molecule has 0 saturated carbocycles. The molecule has 0 aliphatic rings. The third-order valence-electron chi connectivity index (χ3n) is 2.86. The summed E-state index contributed by atoms with van der Waals surface area (Å²) in [5, 5.41) is 3.03. The predicted octanol–water partition coefficient (Wildman–Crippen LogP) is 0.818. The van der Waals surface area contributed by atoms with E-state index < -0.39 is 0 Å². The minimum Gasteiger partial charge on any atom is -0.352 e. The zero-order valence-corrected chi connectivity index (χ0v) is 11.1. The highest BCUT2D eigenvalue weighted by Gasteiger charge is 2.15. The van der Waals surface area contributed by atoms with Crippen LogP contribution in [-0.2, 0) is 4.79 Å². The molecule has 4 nitrogen and oxygen atoms in total. The molecule has 0 aromatic carbocycles. The topological polar surface area (TPSA) is 58.4 Å². The van der Waals surface area contributed by atoms with Crippen molar-refractivity contribution in [2.75, 3.05) is 26.2 Å². The molecule has 1 amide bonds. The van der Waals surface area contributed by atoms with Gasteiger partial charge in [0.15, 0.2) is 0 Å². The van der Waals surface area contributed by atoms with Crippen LogP contribution < -0.4 is 11.1 Å². The molecule has 0 spiro atoms. The van der Waals surface area contributed by atoms with Crippen LogP contribution in [0.1, 0.15) is 34.1 Å². The summed E-state index contributed by atoms with van der Waals surface area (Å²) in [6, 6.07) is 0.202. The number of nitrogens with one attached hydrogen (secondary N) is 1. The minimum absolute atomic E-state index is 0.0177. The highest BCUT2D eigenvalue weighted by atomic mass is 16.1. The second-order valence-corrected chi connectivity index (χ2v) is 4.37. The summed E-state index contributed by atoms with van der Waals surface area (Å²) in [7, 11) is 0. The first kappa shape index (κ1) is 15.4. The SMILES string of the molecule is CCN(CC)CC(C)NC(=O)C(C)CCN. The van der Waals surface area contributed by atoms with Crippen molar-refractivity contribution in [3.05, 3.63) is 0 Å². The Morgan fingerprint density at radius 1 is 1.31 bits per heavy atom. The summed E-state index contributed by atoms with van der Waals surface area (Å²) < 4.78 is 0. The van der Waals surface area contributed by atoms with Gasteiger partial charge in [-0.1, -0.05) is 20.8 Å². The zero-order valence-electron chi connectivity index (χ0n) is 11.1. The molecule has 0 aliphatic carbocycles. The summed E-state index contributed by atoms with van der Waals surface area (Å²) >= 11 is 0. The van der Waals surface area contributed by atoms with E-state index in [2.05, 4.69) is 24.1 Å². The molecule has 2 unspecified atom stereocenters. The van der Waals surface area contributed by atoms with Gasteiger partial charge in [-0.15, -0.1) is 0 Å². The van der Waals surface area contributed by atoms with Gasteiger partial charge >= 0.3 is 0 Å². The Balaban J connectivity index is 3.94. The van der Waals surface area contributed by atoms with Crippen LogP contribution in [0.25, 0.3) is 0 Å². The first-order chi connectivity index (χ1) is 7.54. The van der Waals surface area contributed by atoms with Gasteiger partial charge in [0.25, 0.3) is 0 Å². The molecular formula is C12H27N3O. The van der Waals surface area contributed by atoms with Gasteiger partial charge in [0, 0.05) is 18.5 Å². The van der Waals surface area contributed by atoms with Crippen molar-refractivity contribution in [2.24, 2.45) is 11.7 Å². The number of nitrogens with zero attached hydrogens (tertiary/aromatic N) is 1. The van der Waals surface area contributed by atoms with Crippen LogP contribution in [0.15, 0.2) is 0 Å². The number of carbonyl (C=O) groups excluding carboxylic acids is 1. The molecule has 3 N–H and O–H groups in total. The van der Waals surface area contributed by atoms with E-state index in [4.69, 9.17) is 5.73 Å². The fourth-order valence-electron chi connectivity index (χ4n) is 1.68. The molecule has 0 rings (SSSR count).